The average molecular weight is 232 g/mol. The molecule has 0 aliphatic rings. The second-order valence-electron chi connectivity index (χ2n) is 4.11. The second-order valence-corrected chi connectivity index (χ2v) is 4.11. The molecule has 0 bridgehead atoms. The van der Waals surface area contributed by atoms with Crippen molar-refractivity contribution >= 4 is 12.5 Å². The van der Waals surface area contributed by atoms with Gasteiger partial charge in [-0.05, 0) is 20.8 Å². The number of rotatable bonds is 7. The number of ether oxygens (including phenoxy) is 2. The van der Waals surface area contributed by atoms with Gasteiger partial charge < -0.3 is 20.1 Å². The molecular weight excluding hydrogens is 212 g/mol. The molecule has 0 aliphatic carbocycles. The van der Waals surface area contributed by atoms with E-state index in [1.54, 1.807) is 20.8 Å². The summed E-state index contributed by atoms with van der Waals surface area (Å²) >= 11 is 0. The van der Waals surface area contributed by atoms with Crippen LogP contribution < -0.4 is 10.6 Å². The number of hydrogen-bond acceptors (Lipinski definition) is 4. The smallest absolute Gasteiger partial charge is 0.407 e. The summed E-state index contributed by atoms with van der Waals surface area (Å²) in [5.74, 6) is 0. The SMILES string of the molecule is CC(C)(C)OC(=O)NCCOCCNC=O. The van der Waals surface area contributed by atoms with Crippen molar-refractivity contribution < 1.29 is 19.1 Å². The zero-order valence-electron chi connectivity index (χ0n) is 10.0. The largest absolute Gasteiger partial charge is 0.444 e. The fourth-order valence-corrected chi connectivity index (χ4v) is 0.832. The van der Waals surface area contributed by atoms with Crippen LogP contribution in [0.4, 0.5) is 4.79 Å². The third-order valence-electron chi connectivity index (χ3n) is 1.39. The molecule has 0 saturated carbocycles. The first-order valence-electron chi connectivity index (χ1n) is 5.17. The van der Waals surface area contributed by atoms with Gasteiger partial charge in [-0.1, -0.05) is 0 Å². The van der Waals surface area contributed by atoms with Crippen molar-refractivity contribution in [3.05, 3.63) is 0 Å². The number of amides is 2. The van der Waals surface area contributed by atoms with Gasteiger partial charge in [0.2, 0.25) is 6.41 Å². The quantitative estimate of drug-likeness (QED) is 0.488. The normalized spacial score (nSPS) is 10.7. The molecule has 0 aromatic rings. The van der Waals surface area contributed by atoms with Crippen LogP contribution in [0.15, 0.2) is 0 Å². The van der Waals surface area contributed by atoms with E-state index < -0.39 is 11.7 Å². The maximum Gasteiger partial charge on any atom is 0.407 e. The summed E-state index contributed by atoms with van der Waals surface area (Å²) in [7, 11) is 0. The van der Waals surface area contributed by atoms with E-state index in [4.69, 9.17) is 9.47 Å². The van der Waals surface area contributed by atoms with Gasteiger partial charge in [-0.15, -0.1) is 0 Å². The Morgan fingerprint density at radius 1 is 1.25 bits per heavy atom. The van der Waals surface area contributed by atoms with E-state index in [1.165, 1.54) is 0 Å². The zero-order chi connectivity index (χ0) is 12.4. The summed E-state index contributed by atoms with van der Waals surface area (Å²) in [5.41, 5.74) is -0.487. The molecule has 2 amide bonds. The number of alkyl carbamates (subject to hydrolysis) is 1. The molecule has 0 spiro atoms. The molecule has 0 rings (SSSR count). The predicted molar refractivity (Wildman–Crippen MR) is 59.1 cm³/mol. The van der Waals surface area contributed by atoms with Crippen LogP contribution in [0.25, 0.3) is 0 Å². The lowest BCUT2D eigenvalue weighted by atomic mass is 10.2. The maximum atomic E-state index is 11.1. The van der Waals surface area contributed by atoms with Gasteiger partial charge in [-0.3, -0.25) is 4.79 Å². The van der Waals surface area contributed by atoms with Crippen molar-refractivity contribution in [2.45, 2.75) is 26.4 Å². The van der Waals surface area contributed by atoms with Crippen LogP contribution in [-0.4, -0.2) is 44.4 Å². The molecule has 16 heavy (non-hydrogen) atoms. The molecule has 6 heteroatoms. The first-order chi connectivity index (χ1) is 7.45. The van der Waals surface area contributed by atoms with Crippen molar-refractivity contribution in [3.63, 3.8) is 0 Å². The lowest BCUT2D eigenvalue weighted by Gasteiger charge is -2.19. The summed E-state index contributed by atoms with van der Waals surface area (Å²) in [5, 5.41) is 5.02. The summed E-state index contributed by atoms with van der Waals surface area (Å²) in [6, 6.07) is 0. The molecule has 6 nitrogen and oxygen atoms in total. The maximum absolute atomic E-state index is 11.1. The Bertz CT molecular complexity index is 213. The Hall–Kier alpha value is -1.30. The third kappa shape index (κ3) is 10.8. The Balaban J connectivity index is 3.31. The molecule has 94 valence electrons. The van der Waals surface area contributed by atoms with Crippen LogP contribution in [0.1, 0.15) is 20.8 Å². The van der Waals surface area contributed by atoms with Crippen LogP contribution in [0.5, 0.6) is 0 Å². The van der Waals surface area contributed by atoms with Gasteiger partial charge in [0, 0.05) is 13.1 Å². The highest BCUT2D eigenvalue weighted by Gasteiger charge is 2.15. The lowest BCUT2D eigenvalue weighted by molar-refractivity contribution is -0.109. The summed E-state index contributed by atoms with van der Waals surface area (Å²) in [6.07, 6.45) is 0.157. The highest BCUT2D eigenvalue weighted by molar-refractivity contribution is 5.67. The summed E-state index contributed by atoms with van der Waals surface area (Å²) in [4.78, 5) is 21.0. The molecule has 0 fully saturated rings. The number of nitrogens with one attached hydrogen (secondary N) is 2. The Morgan fingerprint density at radius 2 is 1.88 bits per heavy atom. The first-order valence-corrected chi connectivity index (χ1v) is 5.17. The fraction of sp³-hybridized carbons (Fsp3) is 0.800. The molecule has 0 radical (unpaired) electrons. The van der Waals surface area contributed by atoms with E-state index in [0.717, 1.165) is 0 Å². The minimum Gasteiger partial charge on any atom is -0.444 e. The van der Waals surface area contributed by atoms with Crippen molar-refractivity contribution in [1.82, 2.24) is 10.6 Å². The van der Waals surface area contributed by atoms with Crippen molar-refractivity contribution in [3.8, 4) is 0 Å². The van der Waals surface area contributed by atoms with E-state index in [1.807, 2.05) is 0 Å². The Labute approximate surface area is 95.7 Å². The highest BCUT2D eigenvalue weighted by Crippen LogP contribution is 2.05. The fourth-order valence-electron chi connectivity index (χ4n) is 0.832. The average Bonchev–Trinajstić information content (AvgIpc) is 2.13. The van der Waals surface area contributed by atoms with Gasteiger partial charge >= 0.3 is 6.09 Å². The molecule has 0 saturated heterocycles. The van der Waals surface area contributed by atoms with Gasteiger partial charge in [0.25, 0.3) is 0 Å². The van der Waals surface area contributed by atoms with Gasteiger partial charge in [-0.25, -0.2) is 4.79 Å². The molecule has 2 N–H and O–H groups in total. The predicted octanol–water partition coefficient (Wildman–Crippen LogP) is 0.274. The van der Waals surface area contributed by atoms with Crippen molar-refractivity contribution in [1.29, 1.82) is 0 Å². The second kappa shape index (κ2) is 7.92. The van der Waals surface area contributed by atoms with E-state index in [9.17, 15) is 9.59 Å². The van der Waals surface area contributed by atoms with Crippen LogP contribution in [0.3, 0.4) is 0 Å². The van der Waals surface area contributed by atoms with Crippen LogP contribution in [-0.2, 0) is 14.3 Å². The molecule has 0 heterocycles. The zero-order valence-corrected chi connectivity index (χ0v) is 10.0. The van der Waals surface area contributed by atoms with Gasteiger partial charge in [0.05, 0.1) is 13.2 Å². The van der Waals surface area contributed by atoms with Gasteiger partial charge in [0.15, 0.2) is 0 Å². The minimum absolute atomic E-state index is 0.385. The lowest BCUT2D eigenvalue weighted by Crippen LogP contribution is -2.34. The molecule has 0 atom stereocenters. The molecule has 0 aromatic carbocycles. The van der Waals surface area contributed by atoms with Crippen LogP contribution in [0.2, 0.25) is 0 Å². The number of hydrogen-bond donors (Lipinski definition) is 2. The van der Waals surface area contributed by atoms with Crippen molar-refractivity contribution in [2.24, 2.45) is 0 Å². The Kier molecular flexibility index (Phi) is 7.28. The van der Waals surface area contributed by atoms with Crippen molar-refractivity contribution in [2.75, 3.05) is 26.3 Å². The van der Waals surface area contributed by atoms with Gasteiger partial charge in [-0.2, -0.15) is 0 Å². The van der Waals surface area contributed by atoms with Crippen LogP contribution in [0, 0.1) is 0 Å². The summed E-state index contributed by atoms with van der Waals surface area (Å²) in [6.45, 7) is 7.07. The van der Waals surface area contributed by atoms with Crippen LogP contribution >= 0.6 is 0 Å². The minimum atomic E-state index is -0.487. The monoisotopic (exact) mass is 232 g/mol. The molecular formula is C10H20N2O4. The first kappa shape index (κ1) is 14.7. The highest BCUT2D eigenvalue weighted by atomic mass is 16.6. The number of carbonyl (C=O) groups is 2. The third-order valence-corrected chi connectivity index (χ3v) is 1.39. The molecule has 0 aromatic heterocycles. The van der Waals surface area contributed by atoms with E-state index >= 15 is 0 Å². The topological polar surface area (TPSA) is 76.7 Å². The van der Waals surface area contributed by atoms with E-state index in [-0.39, 0.29) is 0 Å². The molecule has 0 aliphatic heterocycles. The van der Waals surface area contributed by atoms with Gasteiger partial charge in [0.1, 0.15) is 5.60 Å². The van der Waals surface area contributed by atoms with E-state index in [0.29, 0.717) is 32.7 Å². The van der Waals surface area contributed by atoms with E-state index in [2.05, 4.69) is 10.6 Å². The Morgan fingerprint density at radius 3 is 2.44 bits per heavy atom. The number of carbonyl (C=O) groups excluding carboxylic acids is 2. The standard InChI is InChI=1S/C10H20N2O4/c1-10(2,3)16-9(14)12-5-7-15-6-4-11-8-13/h8H,4-7H2,1-3H3,(H,11,13)(H,12,14). The molecule has 0 unspecified atom stereocenters. The summed E-state index contributed by atoms with van der Waals surface area (Å²) < 4.78 is 10.1.